The Kier molecular flexibility index (Phi) is 8.73. The minimum Gasteiger partial charge on any atom is -0.468 e. The zero-order valence-electron chi connectivity index (χ0n) is 20.8. The Hall–Kier alpha value is -3.65. The maximum absolute atomic E-state index is 10.7. The lowest BCUT2D eigenvalue weighted by Gasteiger charge is -2.24. The second-order valence-corrected chi connectivity index (χ2v) is 8.76. The summed E-state index contributed by atoms with van der Waals surface area (Å²) in [5.74, 6) is 2.19. The van der Waals surface area contributed by atoms with Crippen LogP contribution in [-0.2, 0) is 17.8 Å². The minimum atomic E-state index is -0.675. The van der Waals surface area contributed by atoms with Crippen molar-refractivity contribution in [2.45, 2.75) is 33.0 Å². The Morgan fingerprint density at radius 2 is 1.92 bits per heavy atom. The predicted octanol–water partition coefficient (Wildman–Crippen LogP) is 5.44. The first-order valence-electron chi connectivity index (χ1n) is 12.0. The summed E-state index contributed by atoms with van der Waals surface area (Å²) in [4.78, 5) is 2.11. The van der Waals surface area contributed by atoms with Crippen LogP contribution in [0.4, 0.5) is 0 Å². The summed E-state index contributed by atoms with van der Waals surface area (Å²) in [5, 5.41) is 15.5. The molecule has 1 atom stereocenters. The minimum absolute atomic E-state index is 0.218. The van der Waals surface area contributed by atoms with Gasteiger partial charge in [0.15, 0.2) is 0 Å². The van der Waals surface area contributed by atoms with Crippen molar-refractivity contribution in [2.75, 3.05) is 19.8 Å². The second kappa shape index (κ2) is 12.4. The first-order valence-corrected chi connectivity index (χ1v) is 12.0. The molecule has 2 aromatic carbocycles. The Balaban J connectivity index is 1.67. The van der Waals surface area contributed by atoms with E-state index < -0.39 is 6.10 Å². The first-order chi connectivity index (χ1) is 17.5. The van der Waals surface area contributed by atoms with Crippen molar-refractivity contribution in [1.82, 2.24) is 14.7 Å². The fourth-order valence-corrected chi connectivity index (χ4v) is 4.03. The molecule has 7 nitrogen and oxygen atoms in total. The highest BCUT2D eigenvalue weighted by molar-refractivity contribution is 5.43. The van der Waals surface area contributed by atoms with Gasteiger partial charge in [0.25, 0.3) is 0 Å². The van der Waals surface area contributed by atoms with Gasteiger partial charge in [-0.25, -0.2) is 4.68 Å². The zero-order valence-corrected chi connectivity index (χ0v) is 20.8. The smallest absolute Gasteiger partial charge is 0.227 e. The lowest BCUT2D eigenvalue weighted by atomic mass is 10.2. The summed E-state index contributed by atoms with van der Waals surface area (Å²) in [6.07, 6.45) is 2.65. The number of nitrogens with zero attached hydrogens (tertiary/aromatic N) is 3. The number of hydrogen-bond acceptors (Lipinski definition) is 6. The number of ether oxygens (including phenoxy) is 2. The quantitative estimate of drug-likeness (QED) is 0.200. The highest BCUT2D eigenvalue weighted by Gasteiger charge is 2.23. The molecular formula is C29H33N3O4. The van der Waals surface area contributed by atoms with Gasteiger partial charge >= 0.3 is 0 Å². The molecule has 0 saturated carbocycles. The van der Waals surface area contributed by atoms with Gasteiger partial charge < -0.3 is 19.0 Å². The molecule has 0 aliphatic rings. The SMILES string of the molecule is C=CCOC[C@@H](O)CN(Cc1ccco1)Cc1c(C)nn(-c2ccccc2)c1Oc1cccc(C)c1. The number of hydrogen-bond donors (Lipinski definition) is 1. The summed E-state index contributed by atoms with van der Waals surface area (Å²) in [6, 6.07) is 21.7. The summed E-state index contributed by atoms with van der Waals surface area (Å²) < 4.78 is 19.4. The van der Waals surface area contributed by atoms with Crippen LogP contribution in [-0.4, -0.2) is 45.6 Å². The number of furan rings is 1. The highest BCUT2D eigenvalue weighted by Crippen LogP contribution is 2.32. The molecule has 0 unspecified atom stereocenters. The molecule has 2 aromatic heterocycles. The first kappa shape index (κ1) is 25.4. The van der Waals surface area contributed by atoms with Crippen molar-refractivity contribution in [3.63, 3.8) is 0 Å². The summed E-state index contributed by atoms with van der Waals surface area (Å²) >= 11 is 0. The average Bonchev–Trinajstić information content (AvgIpc) is 3.48. The van der Waals surface area contributed by atoms with E-state index in [0.717, 1.165) is 34.0 Å². The van der Waals surface area contributed by atoms with Crippen LogP contribution in [0.25, 0.3) is 5.69 Å². The molecule has 0 radical (unpaired) electrons. The summed E-state index contributed by atoms with van der Waals surface area (Å²) in [5.41, 5.74) is 3.80. The van der Waals surface area contributed by atoms with Crippen LogP contribution in [0, 0.1) is 13.8 Å². The molecule has 7 heteroatoms. The molecule has 0 aliphatic heterocycles. The molecule has 2 heterocycles. The number of rotatable bonds is 13. The Bertz CT molecular complexity index is 1230. The Labute approximate surface area is 212 Å². The van der Waals surface area contributed by atoms with E-state index in [1.54, 1.807) is 12.3 Å². The number of aliphatic hydroxyl groups excluding tert-OH is 1. The van der Waals surface area contributed by atoms with Crippen molar-refractivity contribution < 1.29 is 19.0 Å². The van der Waals surface area contributed by atoms with Crippen LogP contribution >= 0.6 is 0 Å². The summed E-state index contributed by atoms with van der Waals surface area (Å²) in [6.45, 7) is 9.69. The van der Waals surface area contributed by atoms with Gasteiger partial charge in [0.05, 0.1) is 49.1 Å². The highest BCUT2D eigenvalue weighted by atomic mass is 16.5. The van der Waals surface area contributed by atoms with E-state index >= 15 is 0 Å². The van der Waals surface area contributed by atoms with Gasteiger partial charge in [0.2, 0.25) is 5.88 Å². The van der Waals surface area contributed by atoms with Crippen LogP contribution in [0.15, 0.2) is 90.1 Å². The molecular weight excluding hydrogens is 454 g/mol. The van der Waals surface area contributed by atoms with E-state index in [-0.39, 0.29) is 6.61 Å². The normalized spacial score (nSPS) is 12.1. The molecule has 4 aromatic rings. The largest absolute Gasteiger partial charge is 0.468 e. The number of aliphatic hydroxyl groups is 1. The van der Waals surface area contributed by atoms with E-state index in [1.807, 2.05) is 85.3 Å². The average molecular weight is 488 g/mol. The maximum Gasteiger partial charge on any atom is 0.227 e. The lowest BCUT2D eigenvalue weighted by molar-refractivity contribution is 0.0214. The summed E-state index contributed by atoms with van der Waals surface area (Å²) in [7, 11) is 0. The Morgan fingerprint density at radius 3 is 2.64 bits per heavy atom. The number of para-hydroxylation sites is 1. The van der Waals surface area contributed by atoms with Gasteiger partial charge in [-0.05, 0) is 55.8 Å². The molecule has 0 aliphatic carbocycles. The van der Waals surface area contributed by atoms with Crippen LogP contribution < -0.4 is 4.74 Å². The van der Waals surface area contributed by atoms with Gasteiger partial charge in [-0.2, -0.15) is 5.10 Å². The molecule has 0 spiro atoms. The number of benzene rings is 2. The molecule has 4 rings (SSSR count). The molecule has 36 heavy (non-hydrogen) atoms. The van der Waals surface area contributed by atoms with E-state index in [4.69, 9.17) is 19.0 Å². The zero-order chi connectivity index (χ0) is 25.3. The number of aryl methyl sites for hydroxylation is 2. The lowest BCUT2D eigenvalue weighted by Crippen LogP contribution is -2.34. The third-order valence-corrected chi connectivity index (χ3v) is 5.70. The van der Waals surface area contributed by atoms with E-state index in [0.29, 0.717) is 32.1 Å². The van der Waals surface area contributed by atoms with E-state index in [2.05, 4.69) is 11.5 Å². The molecule has 0 saturated heterocycles. The molecule has 0 amide bonds. The van der Waals surface area contributed by atoms with Crippen molar-refractivity contribution >= 4 is 0 Å². The van der Waals surface area contributed by atoms with Gasteiger partial charge in [-0.1, -0.05) is 36.4 Å². The fraction of sp³-hybridized carbons (Fsp3) is 0.276. The third kappa shape index (κ3) is 6.73. The molecule has 188 valence electrons. The van der Waals surface area contributed by atoms with Crippen LogP contribution in [0.2, 0.25) is 0 Å². The second-order valence-electron chi connectivity index (χ2n) is 8.76. The van der Waals surface area contributed by atoms with E-state index in [9.17, 15) is 5.11 Å². The molecule has 0 fully saturated rings. The fourth-order valence-electron chi connectivity index (χ4n) is 4.03. The maximum atomic E-state index is 10.7. The van der Waals surface area contributed by atoms with Crippen molar-refractivity contribution in [3.8, 4) is 17.3 Å². The van der Waals surface area contributed by atoms with Crippen LogP contribution in [0.3, 0.4) is 0 Å². The van der Waals surface area contributed by atoms with Gasteiger partial charge in [0, 0.05) is 13.1 Å². The predicted molar refractivity (Wildman–Crippen MR) is 139 cm³/mol. The third-order valence-electron chi connectivity index (χ3n) is 5.70. The van der Waals surface area contributed by atoms with Crippen LogP contribution in [0.5, 0.6) is 11.6 Å². The van der Waals surface area contributed by atoms with Crippen LogP contribution in [0.1, 0.15) is 22.6 Å². The number of aromatic nitrogens is 2. The van der Waals surface area contributed by atoms with Crippen molar-refractivity contribution in [3.05, 3.63) is 108 Å². The Morgan fingerprint density at radius 1 is 1.08 bits per heavy atom. The topological polar surface area (TPSA) is 72.9 Å². The van der Waals surface area contributed by atoms with Gasteiger partial charge in [-0.15, -0.1) is 6.58 Å². The van der Waals surface area contributed by atoms with E-state index in [1.165, 1.54) is 0 Å². The van der Waals surface area contributed by atoms with Crippen molar-refractivity contribution in [2.24, 2.45) is 0 Å². The monoisotopic (exact) mass is 487 g/mol. The van der Waals surface area contributed by atoms with Gasteiger partial charge in [0.1, 0.15) is 11.5 Å². The standard InChI is InChI=1S/C29H33N3O4/c1-4-15-34-21-25(33)18-31(19-27-14-9-16-35-27)20-28-23(3)30-32(24-11-6-5-7-12-24)29(28)36-26-13-8-10-22(2)17-26/h4-14,16-17,25,33H,1,15,18-21H2,2-3H3/t25-/m0/s1. The molecule has 1 N–H and O–H groups in total. The van der Waals surface area contributed by atoms with Gasteiger partial charge in [-0.3, -0.25) is 4.90 Å². The molecule has 0 bridgehead atoms. The van der Waals surface area contributed by atoms with Crippen molar-refractivity contribution in [1.29, 1.82) is 0 Å².